The second-order valence-electron chi connectivity index (χ2n) is 5.02. The molecule has 1 unspecified atom stereocenters. The lowest BCUT2D eigenvalue weighted by Gasteiger charge is -2.32. The van der Waals surface area contributed by atoms with Crippen molar-refractivity contribution in [2.45, 2.75) is 12.8 Å². The number of nitrogens with one attached hydrogen (secondary N) is 1. The number of likely N-dealkylation sites (tertiary alicyclic amines) is 1. The quantitative estimate of drug-likeness (QED) is 0.650. The first-order valence-corrected chi connectivity index (χ1v) is 6.70. The summed E-state index contributed by atoms with van der Waals surface area (Å²) in [5, 5.41) is 0. The molecule has 3 N–H and O–H groups in total. The first kappa shape index (κ1) is 14.7. The molecule has 1 aromatic carbocycles. The molecule has 110 valence electrons. The number of methoxy groups -OCH3 is 1. The fraction of sp³-hybridized carbons (Fsp3) is 0.500. The lowest BCUT2D eigenvalue weighted by molar-refractivity contribution is 0.0571. The zero-order valence-electron chi connectivity index (χ0n) is 11.6. The summed E-state index contributed by atoms with van der Waals surface area (Å²) in [6.45, 7) is 1.95. The molecular weight excluding hydrogens is 261 g/mol. The molecule has 0 saturated carbocycles. The van der Waals surface area contributed by atoms with Gasteiger partial charge < -0.3 is 15.1 Å². The van der Waals surface area contributed by atoms with Crippen LogP contribution in [0.15, 0.2) is 18.2 Å². The maximum Gasteiger partial charge on any atom is 0.256 e. The van der Waals surface area contributed by atoms with E-state index in [1.165, 1.54) is 12.1 Å². The van der Waals surface area contributed by atoms with Gasteiger partial charge >= 0.3 is 0 Å². The number of halogens is 1. The number of piperidine rings is 1. The zero-order valence-corrected chi connectivity index (χ0v) is 11.6. The Bertz CT molecular complexity index is 479. The van der Waals surface area contributed by atoms with Crippen LogP contribution in [0.5, 0.6) is 0 Å². The van der Waals surface area contributed by atoms with Gasteiger partial charge in [-0.25, -0.2) is 4.39 Å². The number of amides is 1. The maximum atomic E-state index is 13.6. The molecule has 1 aliphatic heterocycles. The smallest absolute Gasteiger partial charge is 0.256 e. The normalized spacial score (nSPS) is 18.9. The van der Waals surface area contributed by atoms with Crippen LogP contribution in [0.3, 0.4) is 0 Å². The Balaban J connectivity index is 2.16. The molecule has 5 nitrogen and oxygen atoms in total. The number of nitrogens with zero attached hydrogens (tertiary/aromatic N) is 1. The molecule has 1 aromatic rings. The van der Waals surface area contributed by atoms with Crippen LogP contribution in [0.25, 0.3) is 0 Å². The van der Waals surface area contributed by atoms with E-state index < -0.39 is 5.82 Å². The number of hydrazine groups is 1. The lowest BCUT2D eigenvalue weighted by Crippen LogP contribution is -2.41. The zero-order chi connectivity index (χ0) is 14.5. The minimum absolute atomic E-state index is 0.0476. The summed E-state index contributed by atoms with van der Waals surface area (Å²) in [4.78, 5) is 14.2. The predicted molar refractivity (Wildman–Crippen MR) is 74.7 cm³/mol. The van der Waals surface area contributed by atoms with Crippen molar-refractivity contribution >= 4 is 11.6 Å². The monoisotopic (exact) mass is 281 g/mol. The van der Waals surface area contributed by atoms with Crippen molar-refractivity contribution in [1.82, 2.24) is 4.90 Å². The Morgan fingerprint density at radius 3 is 3.10 bits per heavy atom. The molecule has 0 spiro atoms. The number of nitrogens with two attached hydrogens (primary N) is 1. The van der Waals surface area contributed by atoms with Crippen LogP contribution < -0.4 is 11.3 Å². The van der Waals surface area contributed by atoms with Gasteiger partial charge in [0.1, 0.15) is 5.82 Å². The standard InChI is InChI=1S/C14H20FN3O2/c1-20-9-10-4-3-7-18(8-10)14(19)11-5-2-6-12(15)13(11)17-16/h2,5-6,10,17H,3-4,7-9,16H2,1H3. The molecule has 1 heterocycles. The van der Waals surface area contributed by atoms with E-state index in [0.717, 1.165) is 12.8 Å². The number of ether oxygens (including phenoxy) is 1. The first-order valence-electron chi connectivity index (χ1n) is 6.70. The highest BCUT2D eigenvalue weighted by atomic mass is 19.1. The topological polar surface area (TPSA) is 67.6 Å². The van der Waals surface area contributed by atoms with Crippen molar-refractivity contribution in [3.05, 3.63) is 29.6 Å². The highest BCUT2D eigenvalue weighted by molar-refractivity contribution is 5.99. The largest absolute Gasteiger partial charge is 0.384 e. The minimum atomic E-state index is -0.524. The Labute approximate surface area is 117 Å². The van der Waals surface area contributed by atoms with Gasteiger partial charge in [-0.05, 0) is 30.9 Å². The second-order valence-corrected chi connectivity index (χ2v) is 5.02. The van der Waals surface area contributed by atoms with Crippen LogP contribution in [-0.2, 0) is 4.74 Å². The average molecular weight is 281 g/mol. The van der Waals surface area contributed by atoms with Crippen LogP contribution in [0.1, 0.15) is 23.2 Å². The van der Waals surface area contributed by atoms with Crippen molar-refractivity contribution < 1.29 is 13.9 Å². The molecule has 20 heavy (non-hydrogen) atoms. The van der Waals surface area contributed by atoms with Gasteiger partial charge in [-0.3, -0.25) is 10.6 Å². The molecule has 0 radical (unpaired) electrons. The number of hydrogen-bond donors (Lipinski definition) is 2. The summed E-state index contributed by atoms with van der Waals surface area (Å²) in [5.74, 6) is 4.93. The second kappa shape index (κ2) is 6.67. The van der Waals surface area contributed by atoms with Gasteiger partial charge in [0.15, 0.2) is 0 Å². The van der Waals surface area contributed by atoms with Crippen LogP contribution in [-0.4, -0.2) is 37.6 Å². The third-order valence-electron chi connectivity index (χ3n) is 3.60. The molecule has 6 heteroatoms. The van der Waals surface area contributed by atoms with Crippen LogP contribution >= 0.6 is 0 Å². The van der Waals surface area contributed by atoms with E-state index >= 15 is 0 Å². The number of anilines is 1. The Kier molecular flexibility index (Phi) is 4.92. The van der Waals surface area contributed by atoms with Gasteiger partial charge in [-0.1, -0.05) is 6.07 Å². The van der Waals surface area contributed by atoms with E-state index in [4.69, 9.17) is 10.6 Å². The molecule has 1 aliphatic rings. The fourth-order valence-electron chi connectivity index (χ4n) is 2.64. The summed E-state index contributed by atoms with van der Waals surface area (Å²) in [6.07, 6.45) is 1.98. The molecule has 2 rings (SSSR count). The summed E-state index contributed by atoms with van der Waals surface area (Å²) < 4.78 is 18.8. The first-order chi connectivity index (χ1) is 9.67. The summed E-state index contributed by atoms with van der Waals surface area (Å²) in [7, 11) is 1.66. The molecule has 0 aromatic heterocycles. The Morgan fingerprint density at radius 1 is 1.60 bits per heavy atom. The number of carbonyl (C=O) groups excluding carboxylic acids is 1. The molecule has 1 atom stereocenters. The van der Waals surface area contributed by atoms with Crippen LogP contribution in [0.4, 0.5) is 10.1 Å². The highest BCUT2D eigenvalue weighted by Gasteiger charge is 2.26. The van der Waals surface area contributed by atoms with E-state index in [-0.39, 0.29) is 17.2 Å². The summed E-state index contributed by atoms with van der Waals surface area (Å²) >= 11 is 0. The predicted octanol–water partition coefficient (Wildman–Crippen LogP) is 1.61. The number of carbonyl (C=O) groups is 1. The fourth-order valence-corrected chi connectivity index (χ4v) is 2.64. The van der Waals surface area contributed by atoms with Crippen LogP contribution in [0.2, 0.25) is 0 Å². The van der Waals surface area contributed by atoms with Crippen molar-refractivity contribution in [1.29, 1.82) is 0 Å². The van der Waals surface area contributed by atoms with Gasteiger partial charge in [-0.15, -0.1) is 0 Å². The molecular formula is C14H20FN3O2. The van der Waals surface area contributed by atoms with E-state index in [2.05, 4.69) is 5.43 Å². The summed E-state index contributed by atoms with van der Waals surface area (Å²) in [6, 6.07) is 4.37. The summed E-state index contributed by atoms with van der Waals surface area (Å²) in [5.41, 5.74) is 2.59. The van der Waals surface area contributed by atoms with E-state index in [1.54, 1.807) is 18.1 Å². The minimum Gasteiger partial charge on any atom is -0.384 e. The highest BCUT2D eigenvalue weighted by Crippen LogP contribution is 2.24. The van der Waals surface area contributed by atoms with Gasteiger partial charge in [0.05, 0.1) is 17.9 Å². The maximum absolute atomic E-state index is 13.6. The number of para-hydroxylation sites is 1. The van der Waals surface area contributed by atoms with Crippen molar-refractivity contribution in [3.8, 4) is 0 Å². The Hall–Kier alpha value is -1.66. The van der Waals surface area contributed by atoms with E-state index in [1.807, 2.05) is 0 Å². The van der Waals surface area contributed by atoms with Gasteiger partial charge in [0.25, 0.3) is 5.91 Å². The molecule has 0 aliphatic carbocycles. The molecule has 0 bridgehead atoms. The van der Waals surface area contributed by atoms with E-state index in [0.29, 0.717) is 25.6 Å². The Morgan fingerprint density at radius 2 is 2.40 bits per heavy atom. The van der Waals surface area contributed by atoms with Crippen molar-refractivity contribution in [2.24, 2.45) is 11.8 Å². The molecule has 1 saturated heterocycles. The third kappa shape index (κ3) is 3.08. The molecule has 1 amide bonds. The molecule has 1 fully saturated rings. The number of nitrogen functional groups attached to an aromatic ring is 1. The van der Waals surface area contributed by atoms with Gasteiger partial charge in [0.2, 0.25) is 0 Å². The lowest BCUT2D eigenvalue weighted by atomic mass is 9.98. The number of hydrogen-bond acceptors (Lipinski definition) is 4. The van der Waals surface area contributed by atoms with Crippen molar-refractivity contribution in [3.63, 3.8) is 0 Å². The van der Waals surface area contributed by atoms with Crippen LogP contribution in [0, 0.1) is 11.7 Å². The third-order valence-corrected chi connectivity index (χ3v) is 3.60. The van der Waals surface area contributed by atoms with Gasteiger partial charge in [0, 0.05) is 20.2 Å². The SMILES string of the molecule is COCC1CCCN(C(=O)c2cccc(F)c2NN)C1. The van der Waals surface area contributed by atoms with Gasteiger partial charge in [-0.2, -0.15) is 0 Å². The average Bonchev–Trinajstić information content (AvgIpc) is 2.47. The number of rotatable bonds is 4. The van der Waals surface area contributed by atoms with E-state index in [9.17, 15) is 9.18 Å². The number of benzene rings is 1. The van der Waals surface area contributed by atoms with Crippen molar-refractivity contribution in [2.75, 3.05) is 32.2 Å².